The quantitative estimate of drug-likeness (QED) is 0.702. The predicted molar refractivity (Wildman–Crippen MR) is 49.4 cm³/mol. The molecule has 1 aliphatic heterocycles. The van der Waals surface area contributed by atoms with Gasteiger partial charge in [0.15, 0.2) is 0 Å². The van der Waals surface area contributed by atoms with Crippen LogP contribution in [0.1, 0.15) is 19.8 Å². The van der Waals surface area contributed by atoms with Crippen molar-refractivity contribution in [3.05, 3.63) is 0 Å². The molecule has 5 heteroatoms. The number of rotatable bonds is 4. The summed E-state index contributed by atoms with van der Waals surface area (Å²) >= 11 is 0. The van der Waals surface area contributed by atoms with E-state index in [0.717, 1.165) is 0 Å². The minimum Gasteiger partial charge on any atom is -0.343 e. The molecule has 0 aliphatic carbocycles. The first-order chi connectivity index (χ1) is 6.69. The van der Waals surface area contributed by atoms with Crippen molar-refractivity contribution in [3.63, 3.8) is 0 Å². The van der Waals surface area contributed by atoms with E-state index in [4.69, 9.17) is 0 Å². The van der Waals surface area contributed by atoms with Crippen molar-refractivity contribution in [3.8, 4) is 0 Å². The normalized spacial score (nSPS) is 22.4. The van der Waals surface area contributed by atoms with Gasteiger partial charge in [-0.05, 0) is 12.8 Å². The summed E-state index contributed by atoms with van der Waals surface area (Å²) in [5.41, 5.74) is 0. The van der Waals surface area contributed by atoms with Crippen LogP contribution in [0, 0.1) is 0 Å². The maximum atomic E-state index is 11.9. The Morgan fingerprint density at radius 3 is 2.86 bits per heavy atom. The second-order valence-corrected chi connectivity index (χ2v) is 3.33. The number of alkyl halides is 1. The minimum atomic E-state index is -0.456. The summed E-state index contributed by atoms with van der Waals surface area (Å²) in [4.78, 5) is 24.2. The molecule has 1 saturated heterocycles. The van der Waals surface area contributed by atoms with E-state index in [1.165, 1.54) is 4.90 Å². The Bertz CT molecular complexity index is 233. The molecule has 0 saturated carbocycles. The van der Waals surface area contributed by atoms with Gasteiger partial charge in [0.1, 0.15) is 6.04 Å². The van der Waals surface area contributed by atoms with E-state index in [0.29, 0.717) is 19.4 Å². The van der Waals surface area contributed by atoms with E-state index in [9.17, 15) is 14.0 Å². The smallest absolute Gasteiger partial charge is 0.245 e. The van der Waals surface area contributed by atoms with Gasteiger partial charge in [0, 0.05) is 6.54 Å². The summed E-state index contributed by atoms with van der Waals surface area (Å²) in [5.74, 6) is -0.254. The fraction of sp³-hybridized carbons (Fsp3) is 0.778. The Kier molecular flexibility index (Phi) is 3.85. The summed E-state index contributed by atoms with van der Waals surface area (Å²) in [5, 5.41) is 2.60. The van der Waals surface area contributed by atoms with Crippen LogP contribution in [0.4, 0.5) is 4.39 Å². The highest BCUT2D eigenvalue weighted by Crippen LogP contribution is 2.06. The lowest BCUT2D eigenvalue weighted by Gasteiger charge is -2.31. The number of hydrogen-bond donors (Lipinski definition) is 1. The van der Waals surface area contributed by atoms with E-state index in [2.05, 4.69) is 5.32 Å². The van der Waals surface area contributed by atoms with Gasteiger partial charge in [0.25, 0.3) is 0 Å². The van der Waals surface area contributed by atoms with Crippen LogP contribution in [0.5, 0.6) is 0 Å². The molecular weight excluding hydrogens is 187 g/mol. The molecule has 1 atom stereocenters. The van der Waals surface area contributed by atoms with Gasteiger partial charge in [0.05, 0.1) is 13.2 Å². The lowest BCUT2D eigenvalue weighted by Crippen LogP contribution is -2.57. The summed E-state index contributed by atoms with van der Waals surface area (Å²) < 4.78 is 11.9. The number of piperazine rings is 1. The van der Waals surface area contributed by atoms with Crippen molar-refractivity contribution in [1.82, 2.24) is 10.2 Å². The number of nitrogens with one attached hydrogen (secondary N) is 1. The highest BCUT2D eigenvalue weighted by Gasteiger charge is 2.30. The van der Waals surface area contributed by atoms with Gasteiger partial charge in [-0.2, -0.15) is 0 Å². The third-order valence-corrected chi connectivity index (χ3v) is 2.25. The molecule has 80 valence electrons. The van der Waals surface area contributed by atoms with E-state index >= 15 is 0 Å². The first-order valence-electron chi connectivity index (χ1n) is 4.83. The van der Waals surface area contributed by atoms with Crippen LogP contribution in [0.2, 0.25) is 0 Å². The van der Waals surface area contributed by atoms with Crippen LogP contribution >= 0.6 is 0 Å². The molecular formula is C9H15FN2O2. The van der Waals surface area contributed by atoms with E-state index < -0.39 is 12.7 Å². The van der Waals surface area contributed by atoms with Gasteiger partial charge < -0.3 is 10.2 Å². The number of nitrogens with zero attached hydrogens (tertiary/aromatic N) is 1. The zero-order chi connectivity index (χ0) is 10.6. The molecule has 0 aromatic carbocycles. The third kappa shape index (κ3) is 2.43. The second kappa shape index (κ2) is 4.93. The zero-order valence-electron chi connectivity index (χ0n) is 8.25. The zero-order valence-corrected chi connectivity index (χ0v) is 8.25. The first-order valence-corrected chi connectivity index (χ1v) is 4.83. The molecule has 1 heterocycles. The first kappa shape index (κ1) is 10.9. The average molecular weight is 202 g/mol. The predicted octanol–water partition coefficient (Wildman–Crippen LogP) is 0.0830. The van der Waals surface area contributed by atoms with Gasteiger partial charge in [-0.15, -0.1) is 0 Å². The molecule has 1 unspecified atom stereocenters. The average Bonchev–Trinajstić information content (AvgIpc) is 2.18. The van der Waals surface area contributed by atoms with Crippen molar-refractivity contribution in [2.24, 2.45) is 0 Å². The van der Waals surface area contributed by atoms with E-state index in [1.54, 1.807) is 0 Å². The molecule has 0 bridgehead atoms. The molecule has 0 radical (unpaired) electrons. The van der Waals surface area contributed by atoms with Gasteiger partial charge >= 0.3 is 0 Å². The second-order valence-electron chi connectivity index (χ2n) is 3.33. The topological polar surface area (TPSA) is 49.4 Å². The van der Waals surface area contributed by atoms with Crippen LogP contribution in [-0.4, -0.2) is 42.5 Å². The van der Waals surface area contributed by atoms with Crippen LogP contribution in [0.15, 0.2) is 0 Å². The number of halogens is 1. The van der Waals surface area contributed by atoms with E-state index in [1.807, 2.05) is 6.92 Å². The number of hydrogen-bond acceptors (Lipinski definition) is 2. The van der Waals surface area contributed by atoms with Gasteiger partial charge in [-0.25, -0.2) is 0 Å². The molecule has 0 aromatic heterocycles. The Balaban J connectivity index is 2.55. The summed E-state index contributed by atoms with van der Waals surface area (Å²) in [6.45, 7) is 1.78. The Hall–Kier alpha value is -1.13. The lowest BCUT2D eigenvalue weighted by atomic mass is 10.1. The molecule has 1 rings (SSSR count). The minimum absolute atomic E-state index is 0.0648. The van der Waals surface area contributed by atoms with Crippen LogP contribution in [-0.2, 0) is 9.59 Å². The fourth-order valence-electron chi connectivity index (χ4n) is 1.49. The summed E-state index contributed by atoms with van der Waals surface area (Å²) in [6, 6.07) is -0.420. The van der Waals surface area contributed by atoms with Crippen molar-refractivity contribution >= 4 is 11.8 Å². The maximum Gasteiger partial charge on any atom is 0.245 e. The molecule has 2 amide bonds. The summed E-state index contributed by atoms with van der Waals surface area (Å²) in [6.07, 6.45) is 0.881. The Morgan fingerprint density at radius 2 is 2.29 bits per heavy atom. The van der Waals surface area contributed by atoms with Gasteiger partial charge in [0.2, 0.25) is 11.8 Å². The van der Waals surface area contributed by atoms with Crippen LogP contribution < -0.4 is 5.32 Å². The third-order valence-electron chi connectivity index (χ3n) is 2.25. The monoisotopic (exact) mass is 202 g/mol. The van der Waals surface area contributed by atoms with Crippen molar-refractivity contribution in [2.45, 2.75) is 25.8 Å². The maximum absolute atomic E-state index is 11.9. The van der Waals surface area contributed by atoms with Gasteiger partial charge in [-0.1, -0.05) is 6.92 Å². The highest BCUT2D eigenvalue weighted by molar-refractivity contribution is 5.94. The number of carbonyl (C=O) groups excluding carboxylic acids is 2. The van der Waals surface area contributed by atoms with E-state index in [-0.39, 0.29) is 18.4 Å². The van der Waals surface area contributed by atoms with Crippen LogP contribution in [0.25, 0.3) is 0 Å². The van der Waals surface area contributed by atoms with Crippen molar-refractivity contribution < 1.29 is 14.0 Å². The molecule has 0 spiro atoms. The molecule has 14 heavy (non-hydrogen) atoms. The SMILES string of the molecule is CCC1NC(=O)CN(CCCF)C1=O. The molecule has 4 nitrogen and oxygen atoms in total. The Morgan fingerprint density at radius 1 is 1.57 bits per heavy atom. The summed E-state index contributed by atoms with van der Waals surface area (Å²) in [7, 11) is 0. The highest BCUT2D eigenvalue weighted by atomic mass is 19.1. The lowest BCUT2D eigenvalue weighted by molar-refractivity contribution is -0.144. The Labute approximate surface area is 82.5 Å². The largest absolute Gasteiger partial charge is 0.343 e. The standard InChI is InChI=1S/C9H15FN2O2/c1-2-7-9(14)12(5-3-4-10)6-8(13)11-7/h7H,2-6H2,1H3,(H,11,13). The fourth-order valence-corrected chi connectivity index (χ4v) is 1.49. The molecule has 1 fully saturated rings. The molecule has 1 aliphatic rings. The molecule has 0 aromatic rings. The van der Waals surface area contributed by atoms with Crippen molar-refractivity contribution in [1.29, 1.82) is 0 Å². The van der Waals surface area contributed by atoms with Gasteiger partial charge in [-0.3, -0.25) is 14.0 Å². The van der Waals surface area contributed by atoms with Crippen LogP contribution in [0.3, 0.4) is 0 Å². The number of amides is 2. The van der Waals surface area contributed by atoms with Crippen molar-refractivity contribution in [2.75, 3.05) is 19.8 Å². The molecule has 1 N–H and O–H groups in total. The number of carbonyl (C=O) groups is 2.